The van der Waals surface area contributed by atoms with Crippen LogP contribution in [0, 0.1) is 6.92 Å². The third kappa shape index (κ3) is 4.31. The zero-order chi connectivity index (χ0) is 20.1. The number of carboxylic acids is 1. The van der Waals surface area contributed by atoms with Crippen LogP contribution in [0.5, 0.6) is 5.75 Å². The molecule has 0 aliphatic rings. The zero-order valence-electron chi connectivity index (χ0n) is 16.3. The summed E-state index contributed by atoms with van der Waals surface area (Å²) in [5, 5.41) is 12.7. The number of nitrogens with zero attached hydrogens (tertiary/aromatic N) is 1. The predicted molar refractivity (Wildman–Crippen MR) is 112 cm³/mol. The Bertz CT molecular complexity index is 999. The lowest BCUT2D eigenvalue weighted by molar-refractivity contribution is 0.0698. The molecule has 5 nitrogen and oxygen atoms in total. The van der Waals surface area contributed by atoms with Crippen LogP contribution in [-0.2, 0) is 6.42 Å². The fourth-order valence-corrected chi connectivity index (χ4v) is 3.00. The monoisotopic (exact) mass is 376 g/mol. The minimum absolute atomic E-state index is 0.257. The molecule has 0 saturated heterocycles. The van der Waals surface area contributed by atoms with Crippen LogP contribution >= 0.6 is 0 Å². The number of nitrogens with one attached hydrogen (secondary N) is 1. The van der Waals surface area contributed by atoms with Gasteiger partial charge in [-0.05, 0) is 61.7 Å². The summed E-state index contributed by atoms with van der Waals surface area (Å²) in [6.07, 6.45) is 2.52. The summed E-state index contributed by atoms with van der Waals surface area (Å²) in [5.41, 5.74) is 5.36. The van der Waals surface area contributed by atoms with Crippen LogP contribution in [0.25, 0.3) is 11.3 Å². The molecular formula is C23H24N2O3. The van der Waals surface area contributed by atoms with E-state index in [1.165, 1.54) is 0 Å². The number of carbonyl (C=O) groups is 1. The molecule has 3 rings (SSSR count). The topological polar surface area (TPSA) is 71.5 Å². The van der Waals surface area contributed by atoms with Gasteiger partial charge in [-0.3, -0.25) is 4.98 Å². The minimum atomic E-state index is -0.951. The molecule has 1 aromatic heterocycles. The highest BCUT2D eigenvalue weighted by atomic mass is 16.5. The van der Waals surface area contributed by atoms with Crippen molar-refractivity contribution in [2.75, 3.05) is 11.9 Å². The second kappa shape index (κ2) is 8.57. The summed E-state index contributed by atoms with van der Waals surface area (Å²) >= 11 is 0. The highest BCUT2D eigenvalue weighted by Gasteiger charge is 2.13. The van der Waals surface area contributed by atoms with E-state index in [9.17, 15) is 9.90 Å². The number of pyridine rings is 1. The Morgan fingerprint density at radius 3 is 2.61 bits per heavy atom. The van der Waals surface area contributed by atoms with Gasteiger partial charge in [-0.15, -0.1) is 0 Å². The first-order valence-corrected chi connectivity index (χ1v) is 9.35. The summed E-state index contributed by atoms with van der Waals surface area (Å²) in [4.78, 5) is 16.2. The maximum Gasteiger partial charge on any atom is 0.337 e. The number of hydrogen-bond acceptors (Lipinski definition) is 4. The molecule has 28 heavy (non-hydrogen) atoms. The van der Waals surface area contributed by atoms with E-state index < -0.39 is 5.97 Å². The lowest BCUT2D eigenvalue weighted by Crippen LogP contribution is -2.05. The second-order valence-corrected chi connectivity index (χ2v) is 6.51. The first-order chi connectivity index (χ1) is 13.5. The summed E-state index contributed by atoms with van der Waals surface area (Å²) in [7, 11) is 0. The van der Waals surface area contributed by atoms with E-state index >= 15 is 0 Å². The molecule has 0 spiro atoms. The first-order valence-electron chi connectivity index (χ1n) is 9.35. The van der Waals surface area contributed by atoms with Crippen LogP contribution in [0.1, 0.15) is 35.3 Å². The van der Waals surface area contributed by atoms with Gasteiger partial charge in [0.15, 0.2) is 0 Å². The van der Waals surface area contributed by atoms with Crippen molar-refractivity contribution in [2.45, 2.75) is 27.2 Å². The van der Waals surface area contributed by atoms with Gasteiger partial charge in [-0.1, -0.05) is 25.1 Å². The minimum Gasteiger partial charge on any atom is -0.494 e. The molecule has 2 N–H and O–H groups in total. The molecule has 1 heterocycles. The van der Waals surface area contributed by atoms with Gasteiger partial charge >= 0.3 is 5.97 Å². The van der Waals surface area contributed by atoms with Crippen molar-refractivity contribution in [1.29, 1.82) is 0 Å². The Morgan fingerprint density at radius 1 is 1.11 bits per heavy atom. The fraction of sp³-hybridized carbons (Fsp3) is 0.217. The molecule has 144 valence electrons. The summed E-state index contributed by atoms with van der Waals surface area (Å²) in [6, 6.07) is 15.2. The van der Waals surface area contributed by atoms with Gasteiger partial charge in [0.1, 0.15) is 5.75 Å². The van der Waals surface area contributed by atoms with Crippen molar-refractivity contribution in [3.63, 3.8) is 0 Å². The fourth-order valence-electron chi connectivity index (χ4n) is 3.00. The Morgan fingerprint density at radius 2 is 1.93 bits per heavy atom. The van der Waals surface area contributed by atoms with Crippen LogP contribution in [0.4, 0.5) is 11.4 Å². The highest BCUT2D eigenvalue weighted by molar-refractivity contribution is 5.95. The van der Waals surface area contributed by atoms with E-state index in [-0.39, 0.29) is 5.56 Å². The van der Waals surface area contributed by atoms with Crippen molar-refractivity contribution in [2.24, 2.45) is 0 Å². The van der Waals surface area contributed by atoms with Crippen LogP contribution in [0.2, 0.25) is 0 Å². The van der Waals surface area contributed by atoms with E-state index in [2.05, 4.69) is 10.3 Å². The number of carboxylic acid groups (broad SMARTS) is 1. The van der Waals surface area contributed by atoms with Crippen molar-refractivity contribution < 1.29 is 14.6 Å². The molecule has 0 saturated carbocycles. The SMILES string of the molecule is CCOc1cccc(-c2cc(C)c(Nc3ccc(CC)cc3C(=O)O)cn2)c1. The Kier molecular flexibility index (Phi) is 5.94. The number of aromatic carboxylic acids is 1. The molecule has 5 heteroatoms. The zero-order valence-corrected chi connectivity index (χ0v) is 16.3. The van der Waals surface area contributed by atoms with Gasteiger partial charge < -0.3 is 15.2 Å². The van der Waals surface area contributed by atoms with Crippen molar-refractivity contribution >= 4 is 17.3 Å². The van der Waals surface area contributed by atoms with E-state index in [0.29, 0.717) is 12.3 Å². The number of rotatable bonds is 7. The van der Waals surface area contributed by atoms with Crippen LogP contribution < -0.4 is 10.1 Å². The molecular weight excluding hydrogens is 352 g/mol. The van der Waals surface area contributed by atoms with Gasteiger partial charge in [0.2, 0.25) is 0 Å². The quantitative estimate of drug-likeness (QED) is 0.573. The average Bonchev–Trinajstić information content (AvgIpc) is 2.70. The summed E-state index contributed by atoms with van der Waals surface area (Å²) < 4.78 is 5.56. The Hall–Kier alpha value is -3.34. The Labute approximate surface area is 165 Å². The normalized spacial score (nSPS) is 10.5. The largest absolute Gasteiger partial charge is 0.494 e. The average molecular weight is 376 g/mol. The number of benzene rings is 2. The molecule has 3 aromatic rings. The number of aryl methyl sites for hydroxylation is 2. The van der Waals surface area contributed by atoms with Gasteiger partial charge in [-0.25, -0.2) is 4.79 Å². The smallest absolute Gasteiger partial charge is 0.337 e. The first kappa shape index (κ1) is 19.4. The maximum atomic E-state index is 11.6. The molecule has 0 bridgehead atoms. The van der Waals surface area contributed by atoms with Gasteiger partial charge in [0.05, 0.1) is 35.4 Å². The van der Waals surface area contributed by atoms with Crippen LogP contribution in [0.15, 0.2) is 54.7 Å². The van der Waals surface area contributed by atoms with E-state index in [4.69, 9.17) is 4.74 Å². The molecule has 0 fully saturated rings. The third-order valence-corrected chi connectivity index (χ3v) is 4.54. The summed E-state index contributed by atoms with van der Waals surface area (Å²) in [6.45, 7) is 6.54. The van der Waals surface area contributed by atoms with Crippen molar-refractivity contribution in [3.8, 4) is 17.0 Å². The predicted octanol–water partition coefficient (Wildman–Crippen LogP) is 5.46. The lowest BCUT2D eigenvalue weighted by atomic mass is 10.1. The summed E-state index contributed by atoms with van der Waals surface area (Å²) in [5.74, 6) is -0.142. The molecule has 0 amide bonds. The molecule has 0 aliphatic carbocycles. The van der Waals surface area contributed by atoms with Crippen molar-refractivity contribution in [3.05, 3.63) is 71.4 Å². The molecule has 0 unspecified atom stereocenters. The molecule has 2 aromatic carbocycles. The maximum absolute atomic E-state index is 11.6. The number of anilines is 2. The van der Waals surface area contributed by atoms with Crippen LogP contribution in [0.3, 0.4) is 0 Å². The Balaban J connectivity index is 1.90. The van der Waals surface area contributed by atoms with E-state index in [0.717, 1.165) is 40.2 Å². The van der Waals surface area contributed by atoms with Gasteiger partial charge in [0, 0.05) is 5.56 Å². The molecule has 0 atom stereocenters. The second-order valence-electron chi connectivity index (χ2n) is 6.51. The number of aromatic nitrogens is 1. The van der Waals surface area contributed by atoms with Crippen molar-refractivity contribution in [1.82, 2.24) is 4.98 Å². The lowest BCUT2D eigenvalue weighted by Gasteiger charge is -2.14. The highest BCUT2D eigenvalue weighted by Crippen LogP contribution is 2.28. The third-order valence-electron chi connectivity index (χ3n) is 4.54. The molecule has 0 radical (unpaired) electrons. The number of hydrogen-bond donors (Lipinski definition) is 2. The van der Waals surface area contributed by atoms with Gasteiger partial charge in [0.25, 0.3) is 0 Å². The number of ether oxygens (including phenoxy) is 1. The van der Waals surface area contributed by atoms with Crippen LogP contribution in [-0.4, -0.2) is 22.7 Å². The van der Waals surface area contributed by atoms with Gasteiger partial charge in [-0.2, -0.15) is 0 Å². The van der Waals surface area contributed by atoms with E-state index in [1.807, 2.05) is 57.2 Å². The molecule has 0 aliphatic heterocycles. The standard InChI is InChI=1S/C23H24N2O3/c1-4-16-9-10-20(19(12-16)23(26)27)25-22-14-24-21(11-15(22)3)17-7-6-8-18(13-17)28-5-2/h6-14,25H,4-5H2,1-3H3,(H,26,27). The van der Waals surface area contributed by atoms with E-state index in [1.54, 1.807) is 18.3 Å².